The number of guanidine groups is 1. The van der Waals surface area contributed by atoms with Gasteiger partial charge in [0.05, 0.1) is 5.02 Å². The lowest BCUT2D eigenvalue weighted by molar-refractivity contribution is 0.306. The highest BCUT2D eigenvalue weighted by Gasteiger charge is 2.07. The van der Waals surface area contributed by atoms with E-state index in [1.54, 1.807) is 24.3 Å². The Morgan fingerprint density at radius 1 is 1.26 bits per heavy atom. The van der Waals surface area contributed by atoms with Crippen LogP contribution in [0.15, 0.2) is 47.5 Å². The highest BCUT2D eigenvalue weighted by atomic mass is 35.5. The third-order valence-corrected chi connectivity index (χ3v) is 3.67. The molecule has 0 bridgehead atoms. The van der Waals surface area contributed by atoms with Crippen molar-refractivity contribution in [3.63, 3.8) is 0 Å². The van der Waals surface area contributed by atoms with Crippen LogP contribution in [0.4, 0.5) is 10.1 Å². The predicted octanol–water partition coefficient (Wildman–Crippen LogP) is 3.82. The van der Waals surface area contributed by atoms with Gasteiger partial charge < -0.3 is 15.4 Å². The number of rotatable bonds is 4. The van der Waals surface area contributed by atoms with Gasteiger partial charge in [-0.3, -0.25) is 4.99 Å². The van der Waals surface area contributed by atoms with Gasteiger partial charge in [-0.2, -0.15) is 0 Å². The largest absolute Gasteiger partial charge is 0.487 e. The van der Waals surface area contributed by atoms with Crippen molar-refractivity contribution in [1.82, 2.24) is 5.32 Å². The first-order valence-electron chi connectivity index (χ1n) is 7.43. The molecule has 4 nitrogen and oxygen atoms in total. The average Bonchev–Trinajstić information content (AvgIpc) is 2.55. The number of hydrogen-bond acceptors (Lipinski definition) is 4. The molecule has 0 saturated heterocycles. The van der Waals surface area contributed by atoms with Crippen LogP contribution in [0.2, 0.25) is 5.02 Å². The van der Waals surface area contributed by atoms with Gasteiger partial charge in [-0.1, -0.05) is 23.7 Å². The van der Waals surface area contributed by atoms with E-state index in [0.717, 1.165) is 36.7 Å². The van der Waals surface area contributed by atoms with E-state index in [0.29, 0.717) is 10.8 Å². The molecule has 6 heteroatoms. The third-order valence-electron chi connectivity index (χ3n) is 3.38. The van der Waals surface area contributed by atoms with Gasteiger partial charge in [0.2, 0.25) is 0 Å². The monoisotopic (exact) mass is 333 g/mol. The number of nitrogens with zero attached hydrogens (tertiary/aromatic N) is 1. The fourth-order valence-electron chi connectivity index (χ4n) is 2.24. The smallest absolute Gasteiger partial charge is 0.195 e. The minimum absolute atomic E-state index is 0.262. The molecule has 0 spiro atoms. The van der Waals surface area contributed by atoms with Crippen molar-refractivity contribution in [2.75, 3.05) is 18.4 Å². The van der Waals surface area contributed by atoms with Crippen LogP contribution in [0.5, 0.6) is 5.75 Å². The SMILES string of the molecule is Fc1cccc(COc2ccc(NC3=NCCCN3)cc2Cl)c1. The summed E-state index contributed by atoms with van der Waals surface area (Å²) < 4.78 is 18.8. The van der Waals surface area contributed by atoms with Gasteiger partial charge in [-0.25, -0.2) is 4.39 Å². The van der Waals surface area contributed by atoms with E-state index in [-0.39, 0.29) is 12.4 Å². The molecular formula is C17H17ClFN3O. The summed E-state index contributed by atoms with van der Waals surface area (Å²) in [5.41, 5.74) is 1.59. The van der Waals surface area contributed by atoms with Crippen LogP contribution in [-0.4, -0.2) is 19.0 Å². The molecule has 23 heavy (non-hydrogen) atoms. The summed E-state index contributed by atoms with van der Waals surface area (Å²) in [6.45, 7) is 1.99. The Bertz CT molecular complexity index is 721. The van der Waals surface area contributed by atoms with E-state index in [1.807, 2.05) is 6.07 Å². The molecular weight excluding hydrogens is 317 g/mol. The summed E-state index contributed by atoms with van der Waals surface area (Å²) in [7, 11) is 0. The number of nitrogens with one attached hydrogen (secondary N) is 2. The maximum atomic E-state index is 13.1. The molecule has 0 amide bonds. The van der Waals surface area contributed by atoms with Crippen LogP contribution < -0.4 is 15.4 Å². The lowest BCUT2D eigenvalue weighted by atomic mass is 10.2. The normalized spacial score (nSPS) is 13.9. The zero-order chi connectivity index (χ0) is 16.1. The molecule has 2 aromatic rings. The summed E-state index contributed by atoms with van der Waals surface area (Å²) in [4.78, 5) is 4.35. The molecule has 0 unspecified atom stereocenters. The average molecular weight is 334 g/mol. The molecule has 0 aromatic heterocycles. The summed E-state index contributed by atoms with van der Waals surface area (Å²) in [5, 5.41) is 6.85. The molecule has 2 aromatic carbocycles. The Kier molecular flexibility index (Phi) is 4.98. The second-order valence-electron chi connectivity index (χ2n) is 5.20. The molecule has 0 aliphatic carbocycles. The molecule has 0 fully saturated rings. The zero-order valence-electron chi connectivity index (χ0n) is 12.5. The quantitative estimate of drug-likeness (QED) is 0.894. The zero-order valence-corrected chi connectivity index (χ0v) is 13.2. The van der Waals surface area contributed by atoms with Gasteiger partial charge in [0.15, 0.2) is 5.96 Å². The third kappa shape index (κ3) is 4.36. The van der Waals surface area contributed by atoms with E-state index in [4.69, 9.17) is 16.3 Å². The van der Waals surface area contributed by atoms with Crippen LogP contribution in [-0.2, 0) is 6.61 Å². The number of halogens is 2. The highest BCUT2D eigenvalue weighted by molar-refractivity contribution is 6.32. The molecule has 0 radical (unpaired) electrons. The first-order valence-corrected chi connectivity index (χ1v) is 7.81. The Hall–Kier alpha value is -2.27. The minimum atomic E-state index is -0.280. The van der Waals surface area contributed by atoms with Crippen molar-refractivity contribution in [2.24, 2.45) is 4.99 Å². The lowest BCUT2D eigenvalue weighted by Crippen LogP contribution is -2.35. The van der Waals surface area contributed by atoms with Gasteiger partial charge in [-0.15, -0.1) is 0 Å². The number of hydrogen-bond donors (Lipinski definition) is 2. The van der Waals surface area contributed by atoms with Gasteiger partial charge in [-0.05, 0) is 42.3 Å². The maximum absolute atomic E-state index is 13.1. The van der Waals surface area contributed by atoms with Gasteiger partial charge in [0.25, 0.3) is 0 Å². The van der Waals surface area contributed by atoms with Gasteiger partial charge >= 0.3 is 0 Å². The van der Waals surface area contributed by atoms with Gasteiger partial charge in [0.1, 0.15) is 18.2 Å². The standard InChI is InChI=1S/C17H17ClFN3O/c18-15-10-14(22-17-20-7-2-8-21-17)5-6-16(15)23-11-12-3-1-4-13(19)9-12/h1,3-6,9-10H,2,7-8,11H2,(H2,20,21,22). The highest BCUT2D eigenvalue weighted by Crippen LogP contribution is 2.28. The fourth-order valence-corrected chi connectivity index (χ4v) is 2.47. The molecule has 0 saturated carbocycles. The molecule has 0 atom stereocenters. The van der Waals surface area contributed by atoms with Crippen molar-refractivity contribution >= 4 is 23.2 Å². The van der Waals surface area contributed by atoms with Crippen LogP contribution in [0, 0.1) is 5.82 Å². The van der Waals surface area contributed by atoms with Gasteiger partial charge in [0, 0.05) is 18.8 Å². The first-order chi connectivity index (χ1) is 11.2. The molecule has 3 rings (SSSR count). The first kappa shape index (κ1) is 15.6. The van der Waals surface area contributed by atoms with Crippen molar-refractivity contribution in [3.05, 3.63) is 58.9 Å². The summed E-state index contributed by atoms with van der Waals surface area (Å²) in [6, 6.07) is 11.7. The van der Waals surface area contributed by atoms with E-state index in [9.17, 15) is 4.39 Å². The van der Waals surface area contributed by atoms with Crippen LogP contribution in [0.25, 0.3) is 0 Å². The molecule has 1 aliphatic rings. The second kappa shape index (κ2) is 7.33. The van der Waals surface area contributed by atoms with Crippen molar-refractivity contribution in [2.45, 2.75) is 13.0 Å². The summed E-state index contributed by atoms with van der Waals surface area (Å²) in [5.74, 6) is 1.03. The van der Waals surface area contributed by atoms with E-state index in [1.165, 1.54) is 12.1 Å². The van der Waals surface area contributed by atoms with E-state index in [2.05, 4.69) is 15.6 Å². The van der Waals surface area contributed by atoms with Crippen LogP contribution in [0.3, 0.4) is 0 Å². The number of benzene rings is 2. The van der Waals surface area contributed by atoms with Crippen molar-refractivity contribution in [3.8, 4) is 5.75 Å². The van der Waals surface area contributed by atoms with Crippen LogP contribution >= 0.6 is 11.6 Å². The Labute approximate surface area is 139 Å². The second-order valence-corrected chi connectivity index (χ2v) is 5.61. The Morgan fingerprint density at radius 2 is 2.17 bits per heavy atom. The van der Waals surface area contributed by atoms with E-state index >= 15 is 0 Å². The van der Waals surface area contributed by atoms with Crippen molar-refractivity contribution in [1.29, 1.82) is 0 Å². The fraction of sp³-hybridized carbons (Fsp3) is 0.235. The number of aliphatic imine (C=N–C) groups is 1. The minimum Gasteiger partial charge on any atom is -0.487 e. The maximum Gasteiger partial charge on any atom is 0.195 e. The predicted molar refractivity (Wildman–Crippen MR) is 90.7 cm³/mol. The number of anilines is 1. The Balaban J connectivity index is 1.63. The van der Waals surface area contributed by atoms with Crippen molar-refractivity contribution < 1.29 is 9.13 Å². The number of ether oxygens (including phenoxy) is 1. The summed E-state index contributed by atoms with van der Waals surface area (Å²) >= 11 is 6.25. The molecule has 120 valence electrons. The Morgan fingerprint density at radius 3 is 2.91 bits per heavy atom. The molecule has 2 N–H and O–H groups in total. The molecule has 1 heterocycles. The van der Waals surface area contributed by atoms with E-state index < -0.39 is 0 Å². The lowest BCUT2D eigenvalue weighted by Gasteiger charge is -2.16. The van der Waals surface area contributed by atoms with Crippen LogP contribution in [0.1, 0.15) is 12.0 Å². The molecule has 1 aliphatic heterocycles. The topological polar surface area (TPSA) is 45.6 Å². The summed E-state index contributed by atoms with van der Waals surface area (Å²) in [6.07, 6.45) is 1.04.